The molecule has 0 atom stereocenters. The first-order chi connectivity index (χ1) is 11.8. The molecule has 2 aromatic rings. The molecule has 0 aliphatic rings. The van der Waals surface area contributed by atoms with Gasteiger partial charge in [0.25, 0.3) is 0 Å². The smallest absolute Gasteiger partial charge is 0.407 e. The first-order valence-electron chi connectivity index (χ1n) is 8.32. The van der Waals surface area contributed by atoms with Crippen LogP contribution in [0, 0.1) is 0 Å². The average Bonchev–Trinajstić information content (AvgIpc) is 2.54. The van der Waals surface area contributed by atoms with E-state index in [4.69, 9.17) is 4.74 Å². The van der Waals surface area contributed by atoms with E-state index in [9.17, 15) is 4.79 Å². The van der Waals surface area contributed by atoms with Crippen molar-refractivity contribution in [2.75, 3.05) is 0 Å². The fraction of sp³-hybridized carbons (Fsp3) is 0.350. The molecule has 2 N–H and O–H groups in total. The minimum absolute atomic E-state index is 0.397. The van der Waals surface area contributed by atoms with Crippen LogP contribution in [-0.4, -0.2) is 11.7 Å². The molecule has 0 saturated heterocycles. The summed E-state index contributed by atoms with van der Waals surface area (Å²) in [5.41, 5.74) is 3.00. The van der Waals surface area contributed by atoms with Crippen LogP contribution in [0.25, 0.3) is 0 Å². The van der Waals surface area contributed by atoms with E-state index in [2.05, 4.69) is 44.8 Å². The van der Waals surface area contributed by atoms with Gasteiger partial charge in [0, 0.05) is 24.1 Å². The van der Waals surface area contributed by atoms with Crippen LogP contribution in [0.2, 0.25) is 0 Å². The zero-order valence-corrected chi connectivity index (χ0v) is 16.5. The Balaban J connectivity index is 1.76. The van der Waals surface area contributed by atoms with Gasteiger partial charge in [-0.1, -0.05) is 58.4 Å². The molecule has 4 nitrogen and oxygen atoms in total. The van der Waals surface area contributed by atoms with Crippen molar-refractivity contribution in [3.8, 4) is 0 Å². The van der Waals surface area contributed by atoms with E-state index >= 15 is 0 Å². The number of alkyl carbamates (subject to hydrolysis) is 1. The maximum absolute atomic E-state index is 11.7. The van der Waals surface area contributed by atoms with Gasteiger partial charge in [-0.05, 0) is 43.5 Å². The van der Waals surface area contributed by atoms with Crippen LogP contribution in [0.15, 0.2) is 53.0 Å². The van der Waals surface area contributed by atoms with Crippen molar-refractivity contribution in [3.63, 3.8) is 0 Å². The minimum Gasteiger partial charge on any atom is -0.444 e. The second-order valence-electron chi connectivity index (χ2n) is 6.87. The predicted octanol–water partition coefficient (Wildman–Crippen LogP) is 4.76. The van der Waals surface area contributed by atoms with Gasteiger partial charge >= 0.3 is 6.09 Å². The quantitative estimate of drug-likeness (QED) is 0.729. The van der Waals surface area contributed by atoms with Crippen molar-refractivity contribution in [1.29, 1.82) is 0 Å². The highest BCUT2D eigenvalue weighted by Crippen LogP contribution is 2.15. The molecule has 25 heavy (non-hydrogen) atoms. The molecular formula is C20H25BrN2O2. The number of ether oxygens (including phenoxy) is 1. The molecular weight excluding hydrogens is 380 g/mol. The Bertz CT molecular complexity index is 694. The number of rotatable bonds is 6. The second kappa shape index (κ2) is 9.02. The third-order valence-electron chi connectivity index (χ3n) is 3.46. The van der Waals surface area contributed by atoms with E-state index in [0.717, 1.165) is 23.1 Å². The van der Waals surface area contributed by atoms with Gasteiger partial charge in [0.15, 0.2) is 0 Å². The second-order valence-corrected chi connectivity index (χ2v) is 7.72. The van der Waals surface area contributed by atoms with Gasteiger partial charge in [-0.15, -0.1) is 0 Å². The summed E-state index contributed by atoms with van der Waals surface area (Å²) < 4.78 is 6.34. The van der Waals surface area contributed by atoms with Gasteiger partial charge < -0.3 is 15.4 Å². The maximum Gasteiger partial charge on any atom is 0.407 e. The van der Waals surface area contributed by atoms with Gasteiger partial charge in [-0.25, -0.2) is 4.79 Å². The van der Waals surface area contributed by atoms with Gasteiger partial charge in [0.05, 0.1) is 0 Å². The average molecular weight is 405 g/mol. The first kappa shape index (κ1) is 19.5. The number of carbonyl (C=O) groups excluding carboxylic acids is 1. The van der Waals surface area contributed by atoms with E-state index in [0.29, 0.717) is 6.54 Å². The van der Waals surface area contributed by atoms with E-state index in [-0.39, 0.29) is 0 Å². The highest BCUT2D eigenvalue weighted by atomic mass is 79.9. The Morgan fingerprint density at radius 2 is 1.56 bits per heavy atom. The maximum atomic E-state index is 11.7. The van der Waals surface area contributed by atoms with Crippen molar-refractivity contribution in [2.24, 2.45) is 0 Å². The molecule has 2 rings (SSSR count). The molecule has 1 amide bonds. The summed E-state index contributed by atoms with van der Waals surface area (Å²) >= 11 is 3.55. The van der Waals surface area contributed by atoms with Crippen molar-refractivity contribution in [2.45, 2.75) is 46.0 Å². The largest absolute Gasteiger partial charge is 0.444 e. The fourth-order valence-electron chi connectivity index (χ4n) is 2.25. The first-order valence-corrected chi connectivity index (χ1v) is 9.11. The van der Waals surface area contributed by atoms with Gasteiger partial charge in [-0.2, -0.15) is 0 Å². The Kier molecular flexibility index (Phi) is 7.02. The molecule has 0 saturated carbocycles. The lowest BCUT2D eigenvalue weighted by Crippen LogP contribution is -2.32. The number of halogens is 1. The van der Waals surface area contributed by atoms with Crippen molar-refractivity contribution in [1.82, 2.24) is 10.6 Å². The van der Waals surface area contributed by atoms with E-state index in [1.165, 1.54) is 11.1 Å². The molecule has 0 aromatic heterocycles. The summed E-state index contributed by atoms with van der Waals surface area (Å²) in [6.07, 6.45) is -0.397. The minimum atomic E-state index is -0.479. The van der Waals surface area contributed by atoms with Crippen LogP contribution in [0.1, 0.15) is 37.5 Å². The monoisotopic (exact) mass is 404 g/mol. The van der Waals surface area contributed by atoms with Crippen LogP contribution in [0.5, 0.6) is 0 Å². The Hall–Kier alpha value is -1.85. The molecule has 0 radical (unpaired) electrons. The number of hydrogen-bond acceptors (Lipinski definition) is 3. The summed E-state index contributed by atoms with van der Waals surface area (Å²) in [4.78, 5) is 11.7. The standard InChI is InChI=1S/C20H25BrN2O2/c1-20(2,3)25-19(24)23-13-16-10-8-15(9-11-16)12-22-14-17-6-4-5-7-18(17)21/h4-11,22H,12-14H2,1-3H3,(H,23,24). The SMILES string of the molecule is CC(C)(C)OC(=O)NCc1ccc(CNCc2ccccc2Br)cc1. The number of amides is 1. The summed E-state index contributed by atoms with van der Waals surface area (Å²) in [6.45, 7) is 7.61. The number of benzene rings is 2. The fourth-order valence-corrected chi connectivity index (χ4v) is 2.67. The van der Waals surface area contributed by atoms with Crippen LogP contribution >= 0.6 is 15.9 Å². The molecule has 2 aromatic carbocycles. The highest BCUT2D eigenvalue weighted by molar-refractivity contribution is 9.10. The van der Waals surface area contributed by atoms with Crippen molar-refractivity contribution >= 4 is 22.0 Å². The van der Waals surface area contributed by atoms with Crippen molar-refractivity contribution < 1.29 is 9.53 Å². The lowest BCUT2D eigenvalue weighted by Gasteiger charge is -2.19. The third kappa shape index (κ3) is 7.28. The van der Waals surface area contributed by atoms with E-state index in [1.807, 2.05) is 51.1 Å². The zero-order chi connectivity index (χ0) is 18.3. The van der Waals surface area contributed by atoms with Gasteiger partial charge in [0.2, 0.25) is 0 Å². The summed E-state index contributed by atoms with van der Waals surface area (Å²) in [5, 5.41) is 6.20. The Morgan fingerprint density at radius 1 is 0.960 bits per heavy atom. The summed E-state index contributed by atoms with van der Waals surface area (Å²) in [5.74, 6) is 0. The highest BCUT2D eigenvalue weighted by Gasteiger charge is 2.15. The molecule has 0 aliphatic carbocycles. The third-order valence-corrected chi connectivity index (χ3v) is 4.23. The molecule has 0 aliphatic heterocycles. The molecule has 0 unspecified atom stereocenters. The molecule has 0 spiro atoms. The molecule has 0 bridgehead atoms. The van der Waals surface area contributed by atoms with Gasteiger partial charge in [0.1, 0.15) is 5.60 Å². The van der Waals surface area contributed by atoms with Crippen LogP contribution in [0.3, 0.4) is 0 Å². The lowest BCUT2D eigenvalue weighted by molar-refractivity contribution is 0.0523. The van der Waals surface area contributed by atoms with E-state index < -0.39 is 11.7 Å². The Morgan fingerprint density at radius 3 is 2.16 bits per heavy atom. The summed E-state index contributed by atoms with van der Waals surface area (Å²) in [7, 11) is 0. The normalized spacial score (nSPS) is 11.2. The van der Waals surface area contributed by atoms with Crippen molar-refractivity contribution in [3.05, 3.63) is 69.7 Å². The predicted molar refractivity (Wildman–Crippen MR) is 104 cm³/mol. The molecule has 134 valence electrons. The zero-order valence-electron chi connectivity index (χ0n) is 14.9. The van der Waals surface area contributed by atoms with Gasteiger partial charge in [-0.3, -0.25) is 0 Å². The lowest BCUT2D eigenvalue weighted by atomic mass is 10.1. The molecule has 5 heteroatoms. The van der Waals surface area contributed by atoms with Crippen LogP contribution in [-0.2, 0) is 24.4 Å². The molecule has 0 heterocycles. The topological polar surface area (TPSA) is 50.4 Å². The summed E-state index contributed by atoms with van der Waals surface area (Å²) in [6, 6.07) is 16.4. The number of nitrogens with one attached hydrogen (secondary N) is 2. The molecule has 0 fully saturated rings. The number of hydrogen-bond donors (Lipinski definition) is 2. The van der Waals surface area contributed by atoms with Crippen LogP contribution in [0.4, 0.5) is 4.79 Å². The Labute approximate surface area is 158 Å². The van der Waals surface area contributed by atoms with E-state index in [1.54, 1.807) is 0 Å². The number of carbonyl (C=O) groups is 1. The van der Waals surface area contributed by atoms with Crippen LogP contribution < -0.4 is 10.6 Å².